The average Bonchev–Trinajstić information content (AvgIpc) is 1.97. The van der Waals surface area contributed by atoms with Crippen LogP contribution in [-0.4, -0.2) is 23.7 Å². The molecule has 0 bridgehead atoms. The van der Waals surface area contributed by atoms with Crippen molar-refractivity contribution in [3.05, 3.63) is 0 Å². The Labute approximate surface area is 73.6 Å². The number of alkyl halides is 1. The average molecular weight is 223 g/mol. The zero-order valence-corrected chi connectivity index (χ0v) is 7.69. The van der Waals surface area contributed by atoms with E-state index in [1.807, 2.05) is 0 Å². The summed E-state index contributed by atoms with van der Waals surface area (Å²) in [5, 5.41) is 2.89. The van der Waals surface area contributed by atoms with Crippen molar-refractivity contribution in [2.24, 2.45) is 5.73 Å². The third kappa shape index (κ3) is 7.32. The first-order valence-corrected chi connectivity index (χ1v) is 4.40. The third-order valence-electron chi connectivity index (χ3n) is 1.04. The molecular weight excluding hydrogens is 212 g/mol. The van der Waals surface area contributed by atoms with Gasteiger partial charge in [0.2, 0.25) is 11.8 Å². The number of carbonyl (C=O) groups is 2. The van der Waals surface area contributed by atoms with Gasteiger partial charge in [-0.25, -0.2) is 0 Å². The quantitative estimate of drug-likeness (QED) is 0.498. The first-order valence-electron chi connectivity index (χ1n) is 3.27. The van der Waals surface area contributed by atoms with E-state index in [0.29, 0.717) is 24.7 Å². The lowest BCUT2D eigenvalue weighted by molar-refractivity contribution is -0.120. The monoisotopic (exact) mass is 222 g/mol. The van der Waals surface area contributed by atoms with Crippen molar-refractivity contribution in [3.63, 3.8) is 0 Å². The molecule has 0 aliphatic carbocycles. The number of nitrogens with one attached hydrogen (secondary N) is 1. The van der Waals surface area contributed by atoms with E-state index in [9.17, 15) is 9.59 Å². The van der Waals surface area contributed by atoms with Crippen molar-refractivity contribution >= 4 is 27.7 Å². The molecule has 5 heteroatoms. The van der Waals surface area contributed by atoms with Crippen LogP contribution in [0.4, 0.5) is 0 Å². The van der Waals surface area contributed by atoms with E-state index < -0.39 is 0 Å². The van der Waals surface area contributed by atoms with E-state index in [-0.39, 0.29) is 11.8 Å². The van der Waals surface area contributed by atoms with E-state index in [1.165, 1.54) is 0 Å². The molecule has 0 fully saturated rings. The van der Waals surface area contributed by atoms with Gasteiger partial charge in [-0.3, -0.25) is 9.59 Å². The Morgan fingerprint density at radius 3 is 2.55 bits per heavy atom. The number of halogens is 1. The molecule has 0 aromatic rings. The van der Waals surface area contributed by atoms with Crippen molar-refractivity contribution in [1.82, 2.24) is 5.32 Å². The highest BCUT2D eigenvalue weighted by Crippen LogP contribution is 1.85. The Bertz CT molecular complexity index is 150. The van der Waals surface area contributed by atoms with Crippen LogP contribution in [0.15, 0.2) is 0 Å². The van der Waals surface area contributed by atoms with Crippen LogP contribution in [-0.2, 0) is 9.59 Å². The van der Waals surface area contributed by atoms with Crippen molar-refractivity contribution in [3.8, 4) is 0 Å². The minimum Gasteiger partial charge on any atom is -0.370 e. The lowest BCUT2D eigenvalue weighted by Gasteiger charge is -1.99. The highest BCUT2D eigenvalue weighted by molar-refractivity contribution is 9.09. The maximum Gasteiger partial charge on any atom is 0.230 e. The van der Waals surface area contributed by atoms with Gasteiger partial charge in [0.05, 0.1) is 5.33 Å². The maximum atomic E-state index is 10.6. The Kier molecular flexibility index (Phi) is 5.83. The van der Waals surface area contributed by atoms with Gasteiger partial charge in [-0.2, -0.15) is 0 Å². The summed E-state index contributed by atoms with van der Waals surface area (Å²) in [4.78, 5) is 20.8. The summed E-state index contributed by atoms with van der Waals surface area (Å²) in [5.74, 6) is -0.410. The Hall–Kier alpha value is -0.580. The molecule has 0 aromatic heterocycles. The van der Waals surface area contributed by atoms with Crippen LogP contribution < -0.4 is 11.1 Å². The summed E-state index contributed by atoms with van der Waals surface area (Å²) >= 11 is 2.99. The van der Waals surface area contributed by atoms with Crippen molar-refractivity contribution in [2.75, 3.05) is 11.9 Å². The maximum absolute atomic E-state index is 10.6. The van der Waals surface area contributed by atoms with E-state index in [0.717, 1.165) is 0 Å². The van der Waals surface area contributed by atoms with Gasteiger partial charge >= 0.3 is 0 Å². The SMILES string of the molecule is NC(=O)CCCNC(=O)CBr. The number of hydrogen-bond acceptors (Lipinski definition) is 2. The number of amides is 2. The van der Waals surface area contributed by atoms with Crippen molar-refractivity contribution in [2.45, 2.75) is 12.8 Å². The summed E-state index contributed by atoms with van der Waals surface area (Å²) in [5.41, 5.74) is 4.88. The van der Waals surface area contributed by atoms with Crippen LogP contribution in [0.25, 0.3) is 0 Å². The smallest absolute Gasteiger partial charge is 0.230 e. The molecule has 0 saturated carbocycles. The zero-order chi connectivity index (χ0) is 8.69. The fraction of sp³-hybridized carbons (Fsp3) is 0.667. The van der Waals surface area contributed by atoms with Gasteiger partial charge in [-0.1, -0.05) is 15.9 Å². The summed E-state index contributed by atoms with van der Waals surface area (Å²) in [6.07, 6.45) is 0.927. The fourth-order valence-corrected chi connectivity index (χ4v) is 0.736. The molecule has 0 aromatic carbocycles. The molecule has 2 amide bonds. The number of nitrogens with two attached hydrogens (primary N) is 1. The van der Waals surface area contributed by atoms with Crippen LogP contribution in [0.2, 0.25) is 0 Å². The van der Waals surface area contributed by atoms with Gasteiger partial charge in [-0.05, 0) is 6.42 Å². The lowest BCUT2D eigenvalue weighted by Crippen LogP contribution is -2.26. The van der Waals surface area contributed by atoms with Gasteiger partial charge in [0.1, 0.15) is 0 Å². The topological polar surface area (TPSA) is 72.2 Å². The zero-order valence-electron chi connectivity index (χ0n) is 6.10. The number of rotatable bonds is 5. The second kappa shape index (κ2) is 6.15. The lowest BCUT2D eigenvalue weighted by atomic mass is 10.3. The Morgan fingerprint density at radius 1 is 1.45 bits per heavy atom. The molecular formula is C6H11BrN2O2. The van der Waals surface area contributed by atoms with Crippen LogP contribution >= 0.6 is 15.9 Å². The minimum absolute atomic E-state index is 0.0746. The molecule has 0 atom stereocenters. The van der Waals surface area contributed by atoms with Gasteiger partial charge in [0.25, 0.3) is 0 Å². The minimum atomic E-state index is -0.335. The van der Waals surface area contributed by atoms with Crippen LogP contribution in [0.5, 0.6) is 0 Å². The van der Waals surface area contributed by atoms with E-state index in [2.05, 4.69) is 21.2 Å². The number of carbonyl (C=O) groups excluding carboxylic acids is 2. The summed E-state index contributed by atoms with van der Waals surface area (Å²) in [7, 11) is 0. The Morgan fingerprint density at radius 2 is 2.09 bits per heavy atom. The number of hydrogen-bond donors (Lipinski definition) is 2. The first kappa shape index (κ1) is 10.4. The van der Waals surface area contributed by atoms with Gasteiger partial charge in [0, 0.05) is 13.0 Å². The van der Waals surface area contributed by atoms with E-state index in [1.54, 1.807) is 0 Å². The standard InChI is InChI=1S/C6H11BrN2O2/c7-4-6(11)9-3-1-2-5(8)10/h1-4H2,(H2,8,10)(H,9,11). The second-order valence-corrected chi connectivity index (χ2v) is 2.61. The summed E-state index contributed by atoms with van der Waals surface area (Å²) in [6, 6.07) is 0. The highest BCUT2D eigenvalue weighted by atomic mass is 79.9. The molecule has 0 unspecified atom stereocenters. The second-order valence-electron chi connectivity index (χ2n) is 2.05. The van der Waals surface area contributed by atoms with E-state index >= 15 is 0 Å². The number of primary amides is 1. The predicted octanol–water partition coefficient (Wildman–Crippen LogP) is -0.237. The van der Waals surface area contributed by atoms with Crippen LogP contribution in [0.1, 0.15) is 12.8 Å². The van der Waals surface area contributed by atoms with Gasteiger partial charge in [0.15, 0.2) is 0 Å². The molecule has 11 heavy (non-hydrogen) atoms. The molecule has 0 aliphatic heterocycles. The van der Waals surface area contributed by atoms with Gasteiger partial charge in [-0.15, -0.1) is 0 Å². The van der Waals surface area contributed by atoms with Crippen LogP contribution in [0.3, 0.4) is 0 Å². The third-order valence-corrected chi connectivity index (χ3v) is 1.55. The molecule has 3 N–H and O–H groups in total. The highest BCUT2D eigenvalue weighted by Gasteiger charge is 1.97. The summed E-state index contributed by atoms with van der Waals surface area (Å²) < 4.78 is 0. The molecule has 0 saturated heterocycles. The molecule has 0 rings (SSSR count). The van der Waals surface area contributed by atoms with Crippen LogP contribution in [0, 0.1) is 0 Å². The van der Waals surface area contributed by atoms with Crippen molar-refractivity contribution < 1.29 is 9.59 Å². The molecule has 0 heterocycles. The van der Waals surface area contributed by atoms with E-state index in [4.69, 9.17) is 5.73 Å². The summed E-state index contributed by atoms with van der Waals surface area (Å²) in [6.45, 7) is 0.507. The molecule has 4 nitrogen and oxygen atoms in total. The molecule has 64 valence electrons. The molecule has 0 spiro atoms. The van der Waals surface area contributed by atoms with Crippen molar-refractivity contribution in [1.29, 1.82) is 0 Å². The van der Waals surface area contributed by atoms with Gasteiger partial charge < -0.3 is 11.1 Å². The molecule has 0 radical (unpaired) electrons. The normalized spacial score (nSPS) is 9.18. The fourth-order valence-electron chi connectivity index (χ4n) is 0.538. The molecule has 0 aliphatic rings. The predicted molar refractivity (Wildman–Crippen MR) is 45.2 cm³/mol. The largest absolute Gasteiger partial charge is 0.370 e. The Balaban J connectivity index is 3.14. The first-order chi connectivity index (χ1) is 5.16.